The van der Waals surface area contributed by atoms with E-state index in [0.29, 0.717) is 12.6 Å². The van der Waals surface area contributed by atoms with Gasteiger partial charge in [-0.3, -0.25) is 4.79 Å². The highest BCUT2D eigenvalue weighted by Crippen LogP contribution is 2.20. The molecule has 106 valence electrons. The van der Waals surface area contributed by atoms with E-state index in [1.807, 2.05) is 31.2 Å². The molecular weight excluding hydrogens is 240 g/mol. The van der Waals surface area contributed by atoms with Gasteiger partial charge in [-0.05, 0) is 37.6 Å². The Kier molecular flexibility index (Phi) is 6.97. The summed E-state index contributed by atoms with van der Waals surface area (Å²) in [5.74, 6) is 0.631. The van der Waals surface area contributed by atoms with Crippen LogP contribution >= 0.6 is 0 Å². The quantitative estimate of drug-likeness (QED) is 0.757. The maximum absolute atomic E-state index is 11.3. The Morgan fingerprint density at radius 3 is 2.37 bits per heavy atom. The van der Waals surface area contributed by atoms with E-state index < -0.39 is 0 Å². The molecule has 0 fully saturated rings. The Labute approximate surface area is 115 Å². The Morgan fingerprint density at radius 2 is 1.84 bits per heavy atom. The van der Waals surface area contributed by atoms with Gasteiger partial charge in [0.25, 0.3) is 5.91 Å². The topological polar surface area (TPSA) is 50.4 Å². The van der Waals surface area contributed by atoms with Crippen molar-refractivity contribution in [2.45, 2.75) is 33.2 Å². The Morgan fingerprint density at radius 1 is 1.16 bits per heavy atom. The number of carbonyl (C=O) groups is 1. The first-order valence-corrected chi connectivity index (χ1v) is 6.94. The van der Waals surface area contributed by atoms with Crippen molar-refractivity contribution in [1.82, 2.24) is 10.6 Å². The summed E-state index contributed by atoms with van der Waals surface area (Å²) in [6, 6.07) is 8.29. The van der Waals surface area contributed by atoms with Gasteiger partial charge >= 0.3 is 0 Å². The van der Waals surface area contributed by atoms with Crippen molar-refractivity contribution in [3.63, 3.8) is 0 Å². The highest BCUT2D eigenvalue weighted by atomic mass is 16.5. The zero-order valence-electron chi connectivity index (χ0n) is 12.0. The molecule has 0 radical (unpaired) electrons. The highest BCUT2D eigenvalue weighted by molar-refractivity contribution is 5.77. The molecule has 0 aliphatic carbocycles. The summed E-state index contributed by atoms with van der Waals surface area (Å²) in [5.41, 5.74) is 1.25. The molecule has 19 heavy (non-hydrogen) atoms. The number of ether oxygens (including phenoxy) is 1. The van der Waals surface area contributed by atoms with Gasteiger partial charge in [0.2, 0.25) is 0 Å². The van der Waals surface area contributed by atoms with Crippen LogP contribution in [0.4, 0.5) is 0 Å². The number of likely N-dealkylation sites (N-methyl/N-ethyl adjacent to an activating group) is 1. The maximum atomic E-state index is 11.3. The van der Waals surface area contributed by atoms with Gasteiger partial charge in [0.1, 0.15) is 5.75 Å². The summed E-state index contributed by atoms with van der Waals surface area (Å²) in [6.07, 6.45) is 1.05. The Balaban J connectivity index is 2.53. The van der Waals surface area contributed by atoms with Crippen LogP contribution in [0.3, 0.4) is 0 Å². The maximum Gasteiger partial charge on any atom is 0.257 e. The van der Waals surface area contributed by atoms with Crippen LogP contribution in [-0.4, -0.2) is 25.6 Å². The molecule has 1 aromatic carbocycles. The summed E-state index contributed by atoms with van der Waals surface area (Å²) in [6.45, 7) is 7.80. The van der Waals surface area contributed by atoms with Crippen LogP contribution in [0.5, 0.6) is 5.75 Å². The Bertz CT molecular complexity index is 376. The van der Waals surface area contributed by atoms with Gasteiger partial charge in [-0.25, -0.2) is 0 Å². The molecule has 4 nitrogen and oxygen atoms in total. The lowest BCUT2D eigenvalue weighted by Gasteiger charge is -2.16. The molecular formula is C15H24N2O2. The SMILES string of the molecule is CCNC(=O)COc1ccc(C(CC)NCC)cc1. The first-order chi connectivity index (χ1) is 9.21. The van der Waals surface area contributed by atoms with E-state index in [4.69, 9.17) is 4.74 Å². The van der Waals surface area contributed by atoms with Crippen molar-refractivity contribution in [3.05, 3.63) is 29.8 Å². The number of rotatable bonds is 8. The predicted molar refractivity (Wildman–Crippen MR) is 77.3 cm³/mol. The van der Waals surface area contributed by atoms with Gasteiger partial charge in [0.05, 0.1) is 0 Å². The molecule has 1 unspecified atom stereocenters. The van der Waals surface area contributed by atoms with Crippen LogP contribution in [0.1, 0.15) is 38.8 Å². The minimum Gasteiger partial charge on any atom is -0.484 e. The second-order valence-corrected chi connectivity index (χ2v) is 4.33. The highest BCUT2D eigenvalue weighted by Gasteiger charge is 2.07. The van der Waals surface area contributed by atoms with E-state index >= 15 is 0 Å². The molecule has 0 aliphatic rings. The normalized spacial score (nSPS) is 11.9. The molecule has 1 aromatic rings. The van der Waals surface area contributed by atoms with Crippen molar-refractivity contribution in [2.75, 3.05) is 19.7 Å². The molecule has 0 aromatic heterocycles. The average Bonchev–Trinajstić information content (AvgIpc) is 2.43. The van der Waals surface area contributed by atoms with Crippen molar-refractivity contribution < 1.29 is 9.53 Å². The minimum absolute atomic E-state index is 0.0671. The molecule has 1 rings (SSSR count). The third-order valence-corrected chi connectivity index (χ3v) is 2.89. The fourth-order valence-corrected chi connectivity index (χ4v) is 1.94. The zero-order chi connectivity index (χ0) is 14.1. The standard InChI is InChI=1S/C15H24N2O2/c1-4-14(16-5-2)12-7-9-13(10-8-12)19-11-15(18)17-6-3/h7-10,14,16H,4-6,11H2,1-3H3,(H,17,18). The van der Waals surface area contributed by atoms with E-state index in [2.05, 4.69) is 24.5 Å². The van der Waals surface area contributed by atoms with Gasteiger partial charge in [-0.15, -0.1) is 0 Å². The molecule has 0 aliphatic heterocycles. The fourth-order valence-electron chi connectivity index (χ4n) is 1.94. The molecule has 0 spiro atoms. The van der Waals surface area contributed by atoms with Gasteiger partial charge < -0.3 is 15.4 Å². The summed E-state index contributed by atoms with van der Waals surface area (Å²) in [4.78, 5) is 11.3. The first kappa shape index (κ1) is 15.5. The molecule has 0 saturated carbocycles. The lowest BCUT2D eigenvalue weighted by Crippen LogP contribution is -2.28. The third kappa shape index (κ3) is 5.30. The smallest absolute Gasteiger partial charge is 0.257 e. The molecule has 0 saturated heterocycles. The molecule has 0 heterocycles. The van der Waals surface area contributed by atoms with E-state index in [0.717, 1.165) is 18.7 Å². The van der Waals surface area contributed by atoms with Gasteiger partial charge in [-0.1, -0.05) is 26.0 Å². The molecule has 1 atom stereocenters. The van der Waals surface area contributed by atoms with Crippen LogP contribution in [0.2, 0.25) is 0 Å². The summed E-state index contributed by atoms with van der Waals surface area (Å²) >= 11 is 0. The second-order valence-electron chi connectivity index (χ2n) is 4.33. The van der Waals surface area contributed by atoms with E-state index in [-0.39, 0.29) is 12.5 Å². The van der Waals surface area contributed by atoms with Crippen LogP contribution in [-0.2, 0) is 4.79 Å². The summed E-state index contributed by atoms with van der Waals surface area (Å²) < 4.78 is 5.42. The molecule has 0 bridgehead atoms. The predicted octanol–water partition coefficient (Wildman–Crippen LogP) is 2.26. The van der Waals surface area contributed by atoms with E-state index in [1.165, 1.54) is 5.56 Å². The number of amides is 1. The monoisotopic (exact) mass is 264 g/mol. The summed E-state index contributed by atoms with van der Waals surface area (Å²) in [7, 11) is 0. The number of nitrogens with one attached hydrogen (secondary N) is 2. The van der Waals surface area contributed by atoms with Gasteiger partial charge in [0, 0.05) is 12.6 Å². The van der Waals surface area contributed by atoms with Crippen LogP contribution in [0.25, 0.3) is 0 Å². The number of carbonyl (C=O) groups excluding carboxylic acids is 1. The van der Waals surface area contributed by atoms with Crippen LogP contribution in [0, 0.1) is 0 Å². The largest absolute Gasteiger partial charge is 0.484 e. The number of hydrogen-bond acceptors (Lipinski definition) is 3. The third-order valence-electron chi connectivity index (χ3n) is 2.89. The Hall–Kier alpha value is -1.55. The van der Waals surface area contributed by atoms with Crippen molar-refractivity contribution >= 4 is 5.91 Å². The number of benzene rings is 1. The van der Waals surface area contributed by atoms with Crippen LogP contribution < -0.4 is 15.4 Å². The average molecular weight is 264 g/mol. The first-order valence-electron chi connectivity index (χ1n) is 6.94. The molecule has 4 heteroatoms. The number of hydrogen-bond donors (Lipinski definition) is 2. The van der Waals surface area contributed by atoms with Crippen molar-refractivity contribution in [2.24, 2.45) is 0 Å². The van der Waals surface area contributed by atoms with Crippen molar-refractivity contribution in [3.8, 4) is 5.75 Å². The van der Waals surface area contributed by atoms with Crippen molar-refractivity contribution in [1.29, 1.82) is 0 Å². The van der Waals surface area contributed by atoms with Gasteiger partial charge in [0.15, 0.2) is 6.61 Å². The molecule has 1 amide bonds. The second kappa shape index (κ2) is 8.53. The van der Waals surface area contributed by atoms with Gasteiger partial charge in [-0.2, -0.15) is 0 Å². The lowest BCUT2D eigenvalue weighted by molar-refractivity contribution is -0.122. The van der Waals surface area contributed by atoms with E-state index in [1.54, 1.807) is 0 Å². The van der Waals surface area contributed by atoms with E-state index in [9.17, 15) is 4.79 Å². The fraction of sp³-hybridized carbons (Fsp3) is 0.533. The minimum atomic E-state index is -0.0920. The lowest BCUT2D eigenvalue weighted by atomic mass is 10.0. The van der Waals surface area contributed by atoms with Crippen LogP contribution in [0.15, 0.2) is 24.3 Å². The zero-order valence-corrected chi connectivity index (χ0v) is 12.0. The summed E-state index contributed by atoms with van der Waals surface area (Å²) in [5, 5.41) is 6.13. The molecule has 2 N–H and O–H groups in total.